The Kier molecular flexibility index (Phi) is 6.28. The lowest BCUT2D eigenvalue weighted by atomic mass is 9.68. The maximum atomic E-state index is 12.7. The zero-order valence-electron chi connectivity index (χ0n) is 16.8. The van der Waals surface area contributed by atoms with Gasteiger partial charge in [-0.1, -0.05) is 32.0 Å². The van der Waals surface area contributed by atoms with Gasteiger partial charge in [0.05, 0.1) is 17.3 Å². The first-order valence-electron chi connectivity index (χ1n) is 9.95. The van der Waals surface area contributed by atoms with Gasteiger partial charge in [-0.3, -0.25) is 9.88 Å². The Morgan fingerprint density at radius 3 is 2.24 bits per heavy atom. The highest BCUT2D eigenvalue weighted by Crippen LogP contribution is 2.41. The minimum atomic E-state index is -4.33. The molecule has 1 aliphatic heterocycles. The number of piperidine rings is 1. The predicted molar refractivity (Wildman–Crippen MR) is 107 cm³/mol. The lowest BCUT2D eigenvalue weighted by Crippen LogP contribution is -2.42. The molecule has 3 nitrogen and oxygen atoms in total. The topological polar surface area (TPSA) is 39.9 Å². The Hall–Kier alpha value is -2.39. The molecule has 0 N–H and O–H groups in total. The molecule has 0 aliphatic carbocycles. The van der Waals surface area contributed by atoms with E-state index < -0.39 is 11.7 Å². The lowest BCUT2D eigenvalue weighted by molar-refractivity contribution is -0.137. The molecule has 6 heteroatoms. The van der Waals surface area contributed by atoms with E-state index in [1.54, 1.807) is 6.20 Å². The van der Waals surface area contributed by atoms with Gasteiger partial charge < -0.3 is 0 Å². The summed E-state index contributed by atoms with van der Waals surface area (Å²) in [6.07, 6.45) is 0.129. The second-order valence-electron chi connectivity index (χ2n) is 8.25. The fourth-order valence-electron chi connectivity index (χ4n) is 4.05. The molecule has 154 valence electrons. The van der Waals surface area contributed by atoms with Crippen molar-refractivity contribution in [1.29, 1.82) is 5.26 Å². The molecule has 2 heterocycles. The summed E-state index contributed by atoms with van der Waals surface area (Å²) in [5.41, 5.74) is 1.88. The highest BCUT2D eigenvalue weighted by atomic mass is 19.4. The van der Waals surface area contributed by atoms with Gasteiger partial charge in [0.15, 0.2) is 0 Å². The fourth-order valence-corrected chi connectivity index (χ4v) is 4.05. The minimum Gasteiger partial charge on any atom is -0.299 e. The Morgan fingerprint density at radius 2 is 1.76 bits per heavy atom. The minimum absolute atomic E-state index is 0.121. The standard InChI is InChI=1S/C23H26F3N3/c1-17(2)22(9-12-27)10-13-29(14-11-22)16-18-3-8-21(28-15-18)19-4-6-20(7-5-19)23(24,25)26/h3-8,15,17H,9-11,13-14,16H2,1-2H3. The molecule has 2 aromatic rings. The van der Waals surface area contributed by atoms with Crippen LogP contribution in [0.25, 0.3) is 11.3 Å². The second-order valence-corrected chi connectivity index (χ2v) is 8.25. The normalized spacial score (nSPS) is 17.3. The van der Waals surface area contributed by atoms with Gasteiger partial charge >= 0.3 is 6.18 Å². The molecule has 1 aliphatic rings. The van der Waals surface area contributed by atoms with Crippen LogP contribution in [-0.4, -0.2) is 23.0 Å². The van der Waals surface area contributed by atoms with Crippen molar-refractivity contribution in [3.05, 3.63) is 53.7 Å². The van der Waals surface area contributed by atoms with E-state index in [0.29, 0.717) is 23.6 Å². The van der Waals surface area contributed by atoms with Crippen molar-refractivity contribution in [2.45, 2.75) is 45.8 Å². The molecule has 0 saturated carbocycles. The highest BCUT2D eigenvalue weighted by Gasteiger charge is 2.37. The van der Waals surface area contributed by atoms with Gasteiger partial charge in [-0.2, -0.15) is 18.4 Å². The van der Waals surface area contributed by atoms with Crippen LogP contribution in [0.4, 0.5) is 13.2 Å². The fraction of sp³-hybridized carbons (Fsp3) is 0.478. The summed E-state index contributed by atoms with van der Waals surface area (Å²) in [5, 5.41) is 9.18. The molecule has 0 amide bonds. The third kappa shape index (κ3) is 4.97. The van der Waals surface area contributed by atoms with E-state index in [2.05, 4.69) is 29.8 Å². The number of halogens is 3. The maximum Gasteiger partial charge on any atom is 0.416 e. The monoisotopic (exact) mass is 401 g/mol. The second kappa shape index (κ2) is 8.54. The van der Waals surface area contributed by atoms with Crippen LogP contribution in [0, 0.1) is 22.7 Å². The molecule has 1 fully saturated rings. The number of nitriles is 1. The third-order valence-corrected chi connectivity index (χ3v) is 6.25. The van der Waals surface area contributed by atoms with Crippen LogP contribution < -0.4 is 0 Å². The van der Waals surface area contributed by atoms with Crippen molar-refractivity contribution in [2.75, 3.05) is 13.1 Å². The first-order valence-corrected chi connectivity index (χ1v) is 9.95. The van der Waals surface area contributed by atoms with Crippen LogP contribution in [-0.2, 0) is 12.7 Å². The molecular formula is C23H26F3N3. The molecule has 29 heavy (non-hydrogen) atoms. The van der Waals surface area contributed by atoms with Gasteiger partial charge in [-0.15, -0.1) is 0 Å². The number of hydrogen-bond donors (Lipinski definition) is 0. The van der Waals surface area contributed by atoms with Crippen LogP contribution in [0.1, 0.15) is 44.2 Å². The van der Waals surface area contributed by atoms with Crippen LogP contribution in [0.5, 0.6) is 0 Å². The molecule has 1 aromatic heterocycles. The number of aromatic nitrogens is 1. The van der Waals surface area contributed by atoms with Crippen molar-refractivity contribution in [3.8, 4) is 17.3 Å². The molecule has 0 atom stereocenters. The van der Waals surface area contributed by atoms with Gasteiger partial charge in [0, 0.05) is 24.7 Å². The summed E-state index contributed by atoms with van der Waals surface area (Å²) in [6, 6.07) is 11.3. The number of pyridine rings is 1. The van der Waals surface area contributed by atoms with E-state index >= 15 is 0 Å². The van der Waals surface area contributed by atoms with Gasteiger partial charge in [-0.05, 0) is 61.0 Å². The first-order chi connectivity index (χ1) is 13.7. The molecule has 0 unspecified atom stereocenters. The first kappa shape index (κ1) is 21.3. The smallest absolute Gasteiger partial charge is 0.299 e. The van der Waals surface area contributed by atoms with Crippen LogP contribution >= 0.6 is 0 Å². The summed E-state index contributed by atoms with van der Waals surface area (Å²) in [7, 11) is 0. The number of rotatable bonds is 5. The number of benzene rings is 1. The molecule has 1 aromatic carbocycles. The zero-order valence-corrected chi connectivity index (χ0v) is 16.8. The van der Waals surface area contributed by atoms with Crippen LogP contribution in [0.3, 0.4) is 0 Å². The largest absolute Gasteiger partial charge is 0.416 e. The summed E-state index contributed by atoms with van der Waals surface area (Å²) in [6.45, 7) is 7.12. The van der Waals surface area contributed by atoms with Crippen LogP contribution in [0.2, 0.25) is 0 Å². The number of nitrogens with zero attached hydrogens (tertiary/aromatic N) is 3. The lowest BCUT2D eigenvalue weighted by Gasteiger charge is -2.43. The van der Waals surface area contributed by atoms with Crippen molar-refractivity contribution >= 4 is 0 Å². The third-order valence-electron chi connectivity index (χ3n) is 6.25. The van der Waals surface area contributed by atoms with Crippen molar-refractivity contribution in [2.24, 2.45) is 11.3 Å². The average molecular weight is 401 g/mol. The molecular weight excluding hydrogens is 375 g/mol. The Bertz CT molecular complexity index is 841. The summed E-state index contributed by atoms with van der Waals surface area (Å²) >= 11 is 0. The van der Waals surface area contributed by atoms with E-state index in [0.717, 1.165) is 50.2 Å². The molecule has 0 bridgehead atoms. The van der Waals surface area contributed by atoms with E-state index in [4.69, 9.17) is 0 Å². The maximum absolute atomic E-state index is 12.7. The van der Waals surface area contributed by atoms with Gasteiger partial charge in [0.1, 0.15) is 0 Å². The highest BCUT2D eigenvalue weighted by molar-refractivity contribution is 5.59. The Balaban J connectivity index is 1.61. The number of hydrogen-bond acceptors (Lipinski definition) is 3. The SMILES string of the molecule is CC(C)C1(CC#N)CCN(Cc2ccc(-c3ccc(C(F)(F)F)cc3)nc2)CC1. The molecule has 0 radical (unpaired) electrons. The number of alkyl halides is 3. The van der Waals surface area contributed by atoms with E-state index in [9.17, 15) is 18.4 Å². The van der Waals surface area contributed by atoms with E-state index in [-0.39, 0.29) is 5.41 Å². The molecule has 1 saturated heterocycles. The Morgan fingerprint density at radius 1 is 1.10 bits per heavy atom. The quantitative estimate of drug-likeness (QED) is 0.624. The van der Waals surface area contributed by atoms with Gasteiger partial charge in [0.25, 0.3) is 0 Å². The van der Waals surface area contributed by atoms with E-state index in [1.165, 1.54) is 12.1 Å². The average Bonchev–Trinajstić information content (AvgIpc) is 2.70. The van der Waals surface area contributed by atoms with Crippen LogP contribution in [0.15, 0.2) is 42.6 Å². The van der Waals surface area contributed by atoms with E-state index in [1.807, 2.05) is 12.1 Å². The molecule has 0 spiro atoms. The van der Waals surface area contributed by atoms with Crippen molar-refractivity contribution in [1.82, 2.24) is 9.88 Å². The summed E-state index contributed by atoms with van der Waals surface area (Å²) in [5.74, 6) is 0.494. The van der Waals surface area contributed by atoms with Crippen molar-refractivity contribution < 1.29 is 13.2 Å². The van der Waals surface area contributed by atoms with Crippen molar-refractivity contribution in [3.63, 3.8) is 0 Å². The summed E-state index contributed by atoms with van der Waals surface area (Å²) in [4.78, 5) is 6.82. The van der Waals surface area contributed by atoms with Gasteiger partial charge in [0.2, 0.25) is 0 Å². The van der Waals surface area contributed by atoms with Gasteiger partial charge in [-0.25, -0.2) is 0 Å². The zero-order chi connectivity index (χ0) is 21.1. The number of likely N-dealkylation sites (tertiary alicyclic amines) is 1. The predicted octanol–water partition coefficient (Wildman–Crippen LogP) is 5.92. The Labute approximate surface area is 170 Å². The molecule has 3 rings (SSSR count). The summed E-state index contributed by atoms with van der Waals surface area (Å²) < 4.78 is 38.1.